The minimum atomic E-state index is 0.621. The highest BCUT2D eigenvalue weighted by Gasteiger charge is 2.14. The first kappa shape index (κ1) is 45.3. The van der Waals surface area contributed by atoms with E-state index < -0.39 is 0 Å². The Labute approximate surface area is 396 Å². The number of nitrogens with one attached hydrogen (secondary N) is 2. The molecule has 0 aromatic heterocycles. The van der Waals surface area contributed by atoms with Gasteiger partial charge in [0.25, 0.3) is 0 Å². The maximum absolute atomic E-state index is 7.24. The second kappa shape index (κ2) is 21.6. The first-order valence-electron chi connectivity index (χ1n) is 23.0. The largest absolute Gasteiger partial charge is 0.399 e. The summed E-state index contributed by atoms with van der Waals surface area (Å²) in [7, 11) is 0. The summed E-state index contributed by atoms with van der Waals surface area (Å²) in [4.78, 5) is 0. The Bertz CT molecular complexity index is 3260. The standard InChI is InChI=1S/C46H35N.C10H13N.C8H9N/c1-31-16-19-34(20-17-31)38-26-28-44(42-14-8-6-12-40(38)42)45-29-27-39(41-13-7-9-15-43(41)45)35-24-22-33(23-25-35)36-21-18-32(2)46(30-36)47-37-10-4-3-5-11-37;1-2-6-10(11)9-7-4-3-5-8-9;1-7(9)8-5-3-2-4-6-8/h3-30,47H,1-2H3;3-8H,2,11H2,1H3;2-6,9H,1H3/b;10-6+;. The van der Waals surface area contributed by atoms with E-state index in [2.05, 4.69) is 190 Å². The zero-order valence-corrected chi connectivity index (χ0v) is 38.8. The van der Waals surface area contributed by atoms with Crippen molar-refractivity contribution in [3.8, 4) is 44.5 Å². The van der Waals surface area contributed by atoms with E-state index in [9.17, 15) is 0 Å². The molecule has 0 aliphatic rings. The molecule has 0 unspecified atom stereocenters. The van der Waals surface area contributed by atoms with E-state index in [1.165, 1.54) is 77.2 Å². The lowest BCUT2D eigenvalue weighted by molar-refractivity contribution is 1.22. The predicted molar refractivity (Wildman–Crippen MR) is 290 cm³/mol. The number of hydrogen-bond acceptors (Lipinski definition) is 3. The first-order chi connectivity index (χ1) is 32.8. The van der Waals surface area contributed by atoms with Crippen LogP contribution < -0.4 is 11.1 Å². The number of nitrogens with two attached hydrogens (primary N) is 1. The SMILES string of the molecule is CC(=N)c1ccccc1.CC/C=C(/N)c1ccccc1.Cc1ccc(-c2ccc(-c3ccc(-c4ccc(-c5ccc(C)c(Nc6ccccc6)c5)cc4)c4ccccc34)c3ccccc23)cc1. The molecule has 0 radical (unpaired) electrons. The van der Waals surface area contributed by atoms with Gasteiger partial charge in [-0.1, -0.05) is 231 Å². The Hall–Kier alpha value is -8.27. The first-order valence-corrected chi connectivity index (χ1v) is 23.0. The van der Waals surface area contributed by atoms with Crippen molar-refractivity contribution in [2.24, 2.45) is 5.73 Å². The lowest BCUT2D eigenvalue weighted by Crippen LogP contribution is -1.94. The summed E-state index contributed by atoms with van der Waals surface area (Å²) in [6.07, 6.45) is 3.01. The molecule has 67 heavy (non-hydrogen) atoms. The molecule has 0 bridgehead atoms. The maximum Gasteiger partial charge on any atom is 0.0420 e. The average molecular weight is 868 g/mol. The predicted octanol–water partition coefficient (Wildman–Crippen LogP) is 17.5. The fraction of sp³-hybridized carbons (Fsp3) is 0.0781. The van der Waals surface area contributed by atoms with Gasteiger partial charge in [0.2, 0.25) is 0 Å². The number of fused-ring (bicyclic) bond motifs is 2. The molecule has 3 heteroatoms. The van der Waals surface area contributed by atoms with Crippen LogP contribution in [-0.2, 0) is 0 Å². The highest BCUT2D eigenvalue weighted by molar-refractivity contribution is 6.12. The lowest BCUT2D eigenvalue weighted by atomic mass is 9.88. The molecule has 0 fully saturated rings. The van der Waals surface area contributed by atoms with Crippen molar-refractivity contribution < 1.29 is 0 Å². The number of rotatable bonds is 9. The number of para-hydroxylation sites is 1. The molecule has 0 spiro atoms. The van der Waals surface area contributed by atoms with Crippen molar-refractivity contribution in [1.29, 1.82) is 5.41 Å². The van der Waals surface area contributed by atoms with Gasteiger partial charge in [-0.3, -0.25) is 0 Å². The van der Waals surface area contributed by atoms with Crippen LogP contribution in [0.25, 0.3) is 71.7 Å². The van der Waals surface area contributed by atoms with Crippen molar-refractivity contribution in [3.05, 3.63) is 259 Å². The molecule has 0 saturated heterocycles. The molecule has 10 rings (SSSR count). The quantitative estimate of drug-likeness (QED) is 0.127. The van der Waals surface area contributed by atoms with E-state index in [0.29, 0.717) is 5.71 Å². The van der Waals surface area contributed by atoms with Crippen LogP contribution in [0.4, 0.5) is 11.4 Å². The Morgan fingerprint density at radius 2 is 0.851 bits per heavy atom. The van der Waals surface area contributed by atoms with Gasteiger partial charge in [0.15, 0.2) is 0 Å². The van der Waals surface area contributed by atoms with Gasteiger partial charge in [0, 0.05) is 22.8 Å². The Kier molecular flexibility index (Phi) is 14.6. The highest BCUT2D eigenvalue weighted by Crippen LogP contribution is 2.41. The fourth-order valence-electron chi connectivity index (χ4n) is 8.42. The molecule has 10 aromatic rings. The van der Waals surface area contributed by atoms with Gasteiger partial charge >= 0.3 is 0 Å². The molecule has 0 heterocycles. The van der Waals surface area contributed by atoms with Gasteiger partial charge in [0.05, 0.1) is 0 Å². The van der Waals surface area contributed by atoms with E-state index in [4.69, 9.17) is 11.1 Å². The molecule has 4 N–H and O–H groups in total. The fourth-order valence-corrected chi connectivity index (χ4v) is 8.42. The van der Waals surface area contributed by atoms with Crippen LogP contribution >= 0.6 is 0 Å². The minimum absolute atomic E-state index is 0.621. The van der Waals surface area contributed by atoms with Gasteiger partial charge in [-0.05, 0) is 128 Å². The zero-order valence-electron chi connectivity index (χ0n) is 38.8. The Balaban J connectivity index is 0.000000251. The third kappa shape index (κ3) is 11.0. The summed E-state index contributed by atoms with van der Waals surface area (Å²) in [5.41, 5.74) is 23.9. The second-order valence-electron chi connectivity index (χ2n) is 16.8. The number of aryl methyl sites for hydroxylation is 2. The van der Waals surface area contributed by atoms with Crippen molar-refractivity contribution in [3.63, 3.8) is 0 Å². The molecular weight excluding hydrogens is 811 g/mol. The molecular formula is C64H57N3. The van der Waals surface area contributed by atoms with Crippen LogP contribution in [0.1, 0.15) is 42.5 Å². The van der Waals surface area contributed by atoms with Gasteiger partial charge in [-0.25, -0.2) is 0 Å². The normalized spacial score (nSPS) is 11.0. The lowest BCUT2D eigenvalue weighted by Gasteiger charge is -2.16. The van der Waals surface area contributed by atoms with Crippen LogP contribution in [0.5, 0.6) is 0 Å². The topological polar surface area (TPSA) is 61.9 Å². The summed E-state index contributed by atoms with van der Waals surface area (Å²) in [6.45, 7) is 8.15. The number of allylic oxidation sites excluding steroid dienone is 1. The number of anilines is 2. The van der Waals surface area contributed by atoms with Gasteiger partial charge in [-0.15, -0.1) is 0 Å². The highest BCUT2D eigenvalue weighted by atomic mass is 14.9. The Morgan fingerprint density at radius 1 is 0.448 bits per heavy atom. The zero-order chi connectivity index (χ0) is 46.5. The van der Waals surface area contributed by atoms with Crippen molar-refractivity contribution in [2.45, 2.75) is 34.1 Å². The summed E-state index contributed by atoms with van der Waals surface area (Å²) in [6, 6.07) is 81.3. The van der Waals surface area contributed by atoms with Crippen molar-refractivity contribution in [1.82, 2.24) is 0 Å². The van der Waals surface area contributed by atoms with Crippen LogP contribution in [-0.4, -0.2) is 5.71 Å². The van der Waals surface area contributed by atoms with E-state index >= 15 is 0 Å². The second-order valence-corrected chi connectivity index (χ2v) is 16.8. The van der Waals surface area contributed by atoms with Gasteiger partial charge in [0.1, 0.15) is 0 Å². The number of benzene rings is 10. The number of hydrogen-bond donors (Lipinski definition) is 3. The monoisotopic (exact) mass is 867 g/mol. The minimum Gasteiger partial charge on any atom is -0.399 e. The average Bonchev–Trinajstić information content (AvgIpc) is 3.38. The molecule has 3 nitrogen and oxygen atoms in total. The summed E-state index contributed by atoms with van der Waals surface area (Å²) in [5.74, 6) is 0. The van der Waals surface area contributed by atoms with Crippen LogP contribution in [0.15, 0.2) is 237 Å². The Morgan fingerprint density at radius 3 is 1.33 bits per heavy atom. The molecule has 0 atom stereocenters. The van der Waals surface area contributed by atoms with Crippen molar-refractivity contribution >= 4 is 44.3 Å². The van der Waals surface area contributed by atoms with Crippen LogP contribution in [0.2, 0.25) is 0 Å². The maximum atomic E-state index is 7.24. The van der Waals surface area contributed by atoms with Gasteiger partial charge < -0.3 is 16.5 Å². The summed E-state index contributed by atoms with van der Waals surface area (Å²) < 4.78 is 0. The third-order valence-electron chi connectivity index (χ3n) is 12.1. The molecule has 10 aromatic carbocycles. The van der Waals surface area contributed by atoms with E-state index in [1.54, 1.807) is 6.92 Å². The van der Waals surface area contributed by atoms with E-state index in [-0.39, 0.29) is 0 Å². The van der Waals surface area contributed by atoms with Crippen LogP contribution in [0, 0.1) is 19.3 Å². The summed E-state index contributed by atoms with van der Waals surface area (Å²) >= 11 is 0. The van der Waals surface area contributed by atoms with Crippen LogP contribution in [0.3, 0.4) is 0 Å². The molecule has 328 valence electrons. The molecule has 0 saturated carbocycles. The smallest absolute Gasteiger partial charge is 0.0420 e. The molecule has 0 aliphatic heterocycles. The molecule has 0 aliphatic carbocycles. The van der Waals surface area contributed by atoms with Crippen molar-refractivity contribution in [2.75, 3.05) is 5.32 Å². The van der Waals surface area contributed by atoms with E-state index in [0.717, 1.165) is 34.6 Å². The van der Waals surface area contributed by atoms with Gasteiger partial charge in [-0.2, -0.15) is 0 Å². The van der Waals surface area contributed by atoms with E-state index in [1.807, 2.05) is 72.8 Å². The molecule has 0 amide bonds. The summed E-state index contributed by atoms with van der Waals surface area (Å²) in [5, 5.41) is 15.9. The third-order valence-corrected chi connectivity index (χ3v) is 12.1.